The van der Waals surface area contributed by atoms with Crippen LogP contribution in [0.4, 0.5) is 0 Å². The maximum absolute atomic E-state index is 3.72. The van der Waals surface area contributed by atoms with Crippen molar-refractivity contribution in [2.24, 2.45) is 12.5 Å². The molecule has 1 aliphatic carbocycles. The SMILES string of the molecule is Cc1cc(CNC2CCC(C)(C)C2)c(C)n1C. The van der Waals surface area contributed by atoms with Crippen LogP contribution in [0.15, 0.2) is 6.07 Å². The van der Waals surface area contributed by atoms with Gasteiger partial charge in [-0.3, -0.25) is 0 Å². The van der Waals surface area contributed by atoms with Gasteiger partial charge in [0, 0.05) is 31.0 Å². The normalized spacial score (nSPS) is 23.2. The summed E-state index contributed by atoms with van der Waals surface area (Å²) >= 11 is 0. The van der Waals surface area contributed by atoms with Gasteiger partial charge in [-0.05, 0) is 50.2 Å². The fourth-order valence-corrected chi connectivity index (χ4v) is 2.98. The van der Waals surface area contributed by atoms with Crippen molar-refractivity contribution in [3.63, 3.8) is 0 Å². The zero-order valence-corrected chi connectivity index (χ0v) is 11.9. The van der Waals surface area contributed by atoms with Crippen molar-refractivity contribution in [2.45, 2.75) is 59.5 Å². The lowest BCUT2D eigenvalue weighted by Crippen LogP contribution is -2.27. The zero-order valence-electron chi connectivity index (χ0n) is 11.9. The first-order chi connectivity index (χ1) is 7.89. The lowest BCUT2D eigenvalue weighted by molar-refractivity contribution is 0.364. The minimum atomic E-state index is 0.541. The number of hydrogen-bond donors (Lipinski definition) is 1. The highest BCUT2D eigenvalue weighted by Gasteiger charge is 2.30. The molecule has 1 N–H and O–H groups in total. The smallest absolute Gasteiger partial charge is 0.0225 e. The molecule has 96 valence electrons. The molecule has 0 amide bonds. The van der Waals surface area contributed by atoms with Gasteiger partial charge in [-0.15, -0.1) is 0 Å². The molecule has 17 heavy (non-hydrogen) atoms. The summed E-state index contributed by atoms with van der Waals surface area (Å²) in [7, 11) is 2.15. The minimum Gasteiger partial charge on any atom is -0.352 e. The number of rotatable bonds is 3. The van der Waals surface area contributed by atoms with Crippen LogP contribution in [0, 0.1) is 19.3 Å². The Morgan fingerprint density at radius 2 is 2.12 bits per heavy atom. The Morgan fingerprint density at radius 1 is 1.41 bits per heavy atom. The number of nitrogens with one attached hydrogen (secondary N) is 1. The number of aromatic nitrogens is 1. The highest BCUT2D eigenvalue weighted by molar-refractivity contribution is 5.26. The summed E-state index contributed by atoms with van der Waals surface area (Å²) in [5.74, 6) is 0. The minimum absolute atomic E-state index is 0.541. The summed E-state index contributed by atoms with van der Waals surface area (Å²) in [5.41, 5.74) is 4.74. The molecule has 2 rings (SSSR count). The molecule has 0 radical (unpaired) electrons. The van der Waals surface area contributed by atoms with E-state index in [-0.39, 0.29) is 0 Å². The zero-order chi connectivity index (χ0) is 12.6. The topological polar surface area (TPSA) is 17.0 Å². The van der Waals surface area contributed by atoms with Crippen molar-refractivity contribution in [3.8, 4) is 0 Å². The van der Waals surface area contributed by atoms with Gasteiger partial charge in [0.25, 0.3) is 0 Å². The molecule has 1 atom stereocenters. The molecule has 1 aromatic rings. The summed E-state index contributed by atoms with van der Waals surface area (Å²) < 4.78 is 2.27. The quantitative estimate of drug-likeness (QED) is 0.849. The van der Waals surface area contributed by atoms with Crippen LogP contribution in [0.2, 0.25) is 0 Å². The van der Waals surface area contributed by atoms with E-state index in [0.717, 1.165) is 6.54 Å². The highest BCUT2D eigenvalue weighted by atomic mass is 15.0. The number of nitrogens with zero attached hydrogens (tertiary/aromatic N) is 1. The van der Waals surface area contributed by atoms with Gasteiger partial charge in [-0.2, -0.15) is 0 Å². The Labute approximate surface area is 105 Å². The lowest BCUT2D eigenvalue weighted by Gasteiger charge is -2.18. The molecular formula is C15H26N2. The molecule has 0 aromatic carbocycles. The Morgan fingerprint density at radius 3 is 2.59 bits per heavy atom. The first-order valence-corrected chi connectivity index (χ1v) is 6.74. The lowest BCUT2D eigenvalue weighted by atomic mass is 9.92. The van der Waals surface area contributed by atoms with Crippen molar-refractivity contribution in [3.05, 3.63) is 23.0 Å². The van der Waals surface area contributed by atoms with Crippen LogP contribution in [0.1, 0.15) is 50.1 Å². The summed E-state index contributed by atoms with van der Waals surface area (Å²) in [4.78, 5) is 0. The van der Waals surface area contributed by atoms with Crippen molar-refractivity contribution in [1.29, 1.82) is 0 Å². The largest absolute Gasteiger partial charge is 0.352 e. The third-order valence-corrected chi connectivity index (χ3v) is 4.43. The number of hydrogen-bond acceptors (Lipinski definition) is 1. The Hall–Kier alpha value is -0.760. The molecule has 2 heteroatoms. The van der Waals surface area contributed by atoms with Gasteiger partial charge >= 0.3 is 0 Å². The summed E-state index contributed by atoms with van der Waals surface area (Å²) in [6.45, 7) is 10.2. The Balaban J connectivity index is 1.92. The molecule has 1 unspecified atom stereocenters. The molecule has 1 fully saturated rings. The average Bonchev–Trinajstić information content (AvgIpc) is 2.71. The molecule has 1 heterocycles. The molecule has 0 aliphatic heterocycles. The molecule has 0 bridgehead atoms. The van der Waals surface area contributed by atoms with E-state index in [1.165, 1.54) is 36.2 Å². The van der Waals surface area contributed by atoms with E-state index in [0.29, 0.717) is 11.5 Å². The van der Waals surface area contributed by atoms with Crippen molar-refractivity contribution >= 4 is 0 Å². The highest BCUT2D eigenvalue weighted by Crippen LogP contribution is 2.37. The van der Waals surface area contributed by atoms with Crippen molar-refractivity contribution < 1.29 is 0 Å². The van der Waals surface area contributed by atoms with Crippen LogP contribution in [0.25, 0.3) is 0 Å². The first-order valence-electron chi connectivity index (χ1n) is 6.74. The van der Waals surface area contributed by atoms with Crippen molar-refractivity contribution in [2.75, 3.05) is 0 Å². The van der Waals surface area contributed by atoms with Gasteiger partial charge < -0.3 is 9.88 Å². The predicted molar refractivity (Wildman–Crippen MR) is 73.1 cm³/mol. The first kappa shape index (κ1) is 12.7. The van der Waals surface area contributed by atoms with Gasteiger partial charge in [0.2, 0.25) is 0 Å². The van der Waals surface area contributed by atoms with E-state index in [2.05, 4.69) is 50.7 Å². The van der Waals surface area contributed by atoms with Gasteiger partial charge in [0.1, 0.15) is 0 Å². The van der Waals surface area contributed by atoms with Crippen LogP contribution in [-0.4, -0.2) is 10.6 Å². The molecular weight excluding hydrogens is 208 g/mol. The standard InChI is InChI=1S/C15H26N2/c1-11-8-13(12(2)17(11)5)10-16-14-6-7-15(3,4)9-14/h8,14,16H,6-7,9-10H2,1-5H3. The second kappa shape index (κ2) is 4.49. The molecule has 1 saturated carbocycles. The van der Waals surface area contributed by atoms with E-state index in [1.807, 2.05) is 0 Å². The molecule has 0 saturated heterocycles. The fraction of sp³-hybridized carbons (Fsp3) is 0.733. The van der Waals surface area contributed by atoms with Crippen LogP contribution >= 0.6 is 0 Å². The van der Waals surface area contributed by atoms with E-state index < -0.39 is 0 Å². The fourth-order valence-electron chi connectivity index (χ4n) is 2.98. The predicted octanol–water partition coefficient (Wildman–Crippen LogP) is 3.31. The average molecular weight is 234 g/mol. The van der Waals surface area contributed by atoms with Crippen LogP contribution in [0.5, 0.6) is 0 Å². The second-order valence-corrected chi connectivity index (χ2v) is 6.44. The van der Waals surface area contributed by atoms with E-state index in [9.17, 15) is 0 Å². The molecule has 1 aromatic heterocycles. The maximum atomic E-state index is 3.72. The summed E-state index contributed by atoms with van der Waals surface area (Å²) in [5, 5.41) is 3.72. The van der Waals surface area contributed by atoms with Crippen LogP contribution < -0.4 is 5.32 Å². The van der Waals surface area contributed by atoms with Crippen LogP contribution in [-0.2, 0) is 13.6 Å². The molecule has 0 spiro atoms. The van der Waals surface area contributed by atoms with Gasteiger partial charge in [-0.1, -0.05) is 13.8 Å². The third kappa shape index (κ3) is 2.74. The third-order valence-electron chi connectivity index (χ3n) is 4.43. The van der Waals surface area contributed by atoms with E-state index in [1.54, 1.807) is 0 Å². The summed E-state index contributed by atoms with van der Waals surface area (Å²) in [6, 6.07) is 3.02. The van der Waals surface area contributed by atoms with Gasteiger partial charge in [-0.25, -0.2) is 0 Å². The molecule has 1 aliphatic rings. The van der Waals surface area contributed by atoms with E-state index in [4.69, 9.17) is 0 Å². The summed E-state index contributed by atoms with van der Waals surface area (Å²) in [6.07, 6.45) is 4.01. The van der Waals surface area contributed by atoms with Gasteiger partial charge in [0.15, 0.2) is 0 Å². The van der Waals surface area contributed by atoms with Crippen molar-refractivity contribution in [1.82, 2.24) is 9.88 Å². The Kier molecular flexibility index (Phi) is 3.35. The van der Waals surface area contributed by atoms with Gasteiger partial charge in [0.05, 0.1) is 0 Å². The van der Waals surface area contributed by atoms with Crippen LogP contribution in [0.3, 0.4) is 0 Å². The number of aryl methyl sites for hydroxylation is 1. The maximum Gasteiger partial charge on any atom is 0.0225 e. The Bertz CT molecular complexity index is 401. The molecule has 2 nitrogen and oxygen atoms in total. The second-order valence-electron chi connectivity index (χ2n) is 6.44. The monoisotopic (exact) mass is 234 g/mol. The van der Waals surface area contributed by atoms with E-state index >= 15 is 0 Å².